The van der Waals surface area contributed by atoms with Crippen LogP contribution in [-0.4, -0.2) is 53.9 Å². The minimum Gasteiger partial charge on any atom is -0.393 e. The predicted octanol–water partition coefficient (Wildman–Crippen LogP) is 2.24. The van der Waals surface area contributed by atoms with Crippen molar-refractivity contribution in [2.24, 2.45) is 0 Å². The second kappa shape index (κ2) is 9.36. The maximum atomic E-state index is 12.1. The number of amides is 2. The number of piperidine rings is 1. The van der Waals surface area contributed by atoms with Gasteiger partial charge in [0.25, 0.3) is 0 Å². The standard InChI is InChI=1S/C17H33N3O2/c1-2-3-11-20-12-5-4-6-15(20)13-18-17(22)19-14-7-9-16(21)10-8-14/h14-16,21H,2-13H2,1H3,(H2,18,19,22). The number of unbranched alkanes of at least 4 members (excludes halogenated alkanes) is 1. The molecule has 128 valence electrons. The Hall–Kier alpha value is -0.810. The summed E-state index contributed by atoms with van der Waals surface area (Å²) in [6.07, 6.45) is 9.44. The highest BCUT2D eigenvalue weighted by molar-refractivity contribution is 5.74. The molecule has 1 unspecified atom stereocenters. The predicted molar refractivity (Wildman–Crippen MR) is 88.9 cm³/mol. The summed E-state index contributed by atoms with van der Waals surface area (Å²) in [6.45, 7) is 5.32. The Kier molecular flexibility index (Phi) is 7.46. The molecule has 1 saturated heterocycles. The molecule has 1 aliphatic heterocycles. The van der Waals surface area contributed by atoms with Crippen molar-refractivity contribution < 1.29 is 9.90 Å². The maximum absolute atomic E-state index is 12.1. The van der Waals surface area contributed by atoms with E-state index in [2.05, 4.69) is 22.5 Å². The Labute approximate surface area is 134 Å². The first-order valence-electron chi connectivity index (χ1n) is 9.15. The molecular formula is C17H33N3O2. The number of hydrogen-bond donors (Lipinski definition) is 3. The van der Waals surface area contributed by atoms with E-state index in [1.54, 1.807) is 0 Å². The number of urea groups is 1. The monoisotopic (exact) mass is 311 g/mol. The molecule has 2 fully saturated rings. The quantitative estimate of drug-likeness (QED) is 0.705. The third-order valence-electron chi connectivity index (χ3n) is 5.08. The molecule has 0 radical (unpaired) electrons. The fourth-order valence-corrected chi connectivity index (χ4v) is 3.61. The number of carbonyl (C=O) groups is 1. The van der Waals surface area contributed by atoms with Crippen molar-refractivity contribution in [3.05, 3.63) is 0 Å². The van der Waals surface area contributed by atoms with Crippen LogP contribution in [0.5, 0.6) is 0 Å². The van der Waals surface area contributed by atoms with Gasteiger partial charge in [0.1, 0.15) is 0 Å². The number of rotatable bonds is 6. The number of carbonyl (C=O) groups excluding carboxylic acids is 1. The summed E-state index contributed by atoms with van der Waals surface area (Å²) in [5.74, 6) is 0. The number of aliphatic hydroxyl groups is 1. The number of nitrogens with one attached hydrogen (secondary N) is 2. The lowest BCUT2D eigenvalue weighted by molar-refractivity contribution is 0.117. The van der Waals surface area contributed by atoms with Gasteiger partial charge in [0.05, 0.1) is 6.10 Å². The van der Waals surface area contributed by atoms with Gasteiger partial charge < -0.3 is 15.7 Å². The summed E-state index contributed by atoms with van der Waals surface area (Å²) < 4.78 is 0. The van der Waals surface area contributed by atoms with Crippen LogP contribution in [0.3, 0.4) is 0 Å². The zero-order valence-electron chi connectivity index (χ0n) is 14.0. The second-order valence-electron chi connectivity index (χ2n) is 6.90. The van der Waals surface area contributed by atoms with Crippen molar-refractivity contribution in [1.82, 2.24) is 15.5 Å². The molecule has 0 aromatic rings. The van der Waals surface area contributed by atoms with Crippen LogP contribution in [-0.2, 0) is 0 Å². The van der Waals surface area contributed by atoms with E-state index in [1.807, 2.05) is 0 Å². The van der Waals surface area contributed by atoms with Crippen molar-refractivity contribution in [2.75, 3.05) is 19.6 Å². The third kappa shape index (κ3) is 5.76. The Morgan fingerprint density at radius 3 is 2.68 bits per heavy atom. The Morgan fingerprint density at radius 2 is 1.95 bits per heavy atom. The average molecular weight is 311 g/mol. The van der Waals surface area contributed by atoms with E-state index >= 15 is 0 Å². The summed E-state index contributed by atoms with van der Waals surface area (Å²) in [4.78, 5) is 14.6. The molecule has 1 saturated carbocycles. The van der Waals surface area contributed by atoms with Crippen molar-refractivity contribution >= 4 is 6.03 Å². The summed E-state index contributed by atoms with van der Waals surface area (Å²) in [6, 6.07) is 0.688. The Morgan fingerprint density at radius 1 is 1.18 bits per heavy atom. The SMILES string of the molecule is CCCCN1CCCCC1CNC(=O)NC1CCC(O)CC1. The van der Waals surface area contributed by atoms with Crippen LogP contribution in [0.25, 0.3) is 0 Å². The fourth-order valence-electron chi connectivity index (χ4n) is 3.61. The van der Waals surface area contributed by atoms with Gasteiger partial charge in [0, 0.05) is 18.6 Å². The molecule has 0 spiro atoms. The minimum atomic E-state index is -0.171. The molecule has 22 heavy (non-hydrogen) atoms. The van der Waals surface area contributed by atoms with Crippen molar-refractivity contribution in [3.8, 4) is 0 Å². The molecule has 0 aromatic heterocycles. The van der Waals surface area contributed by atoms with Gasteiger partial charge in [-0.25, -0.2) is 4.79 Å². The first kappa shape index (κ1) is 17.5. The van der Waals surface area contributed by atoms with Gasteiger partial charge in [-0.3, -0.25) is 4.90 Å². The van der Waals surface area contributed by atoms with Gasteiger partial charge in [0.15, 0.2) is 0 Å². The zero-order chi connectivity index (χ0) is 15.8. The van der Waals surface area contributed by atoms with Gasteiger partial charge in [-0.2, -0.15) is 0 Å². The lowest BCUT2D eigenvalue weighted by Crippen LogP contribution is -2.50. The van der Waals surface area contributed by atoms with Gasteiger partial charge in [0.2, 0.25) is 0 Å². The molecular weight excluding hydrogens is 278 g/mol. The lowest BCUT2D eigenvalue weighted by atomic mass is 9.93. The smallest absolute Gasteiger partial charge is 0.315 e. The molecule has 5 heteroatoms. The highest BCUT2D eigenvalue weighted by atomic mass is 16.3. The molecule has 3 N–H and O–H groups in total. The van der Waals surface area contributed by atoms with Crippen LogP contribution in [0.1, 0.15) is 64.7 Å². The summed E-state index contributed by atoms with van der Waals surface area (Å²) in [5, 5.41) is 15.6. The van der Waals surface area contributed by atoms with Gasteiger partial charge in [-0.1, -0.05) is 19.8 Å². The van der Waals surface area contributed by atoms with Gasteiger partial charge >= 0.3 is 6.03 Å². The molecule has 1 heterocycles. The number of hydrogen-bond acceptors (Lipinski definition) is 3. The van der Waals surface area contributed by atoms with Crippen LogP contribution in [0.2, 0.25) is 0 Å². The number of nitrogens with zero attached hydrogens (tertiary/aromatic N) is 1. The van der Waals surface area contributed by atoms with E-state index in [0.29, 0.717) is 6.04 Å². The van der Waals surface area contributed by atoms with Crippen LogP contribution >= 0.6 is 0 Å². The molecule has 1 atom stereocenters. The molecule has 1 aliphatic carbocycles. The molecule has 5 nitrogen and oxygen atoms in total. The van der Waals surface area contributed by atoms with E-state index in [1.165, 1.54) is 38.6 Å². The lowest BCUT2D eigenvalue weighted by Gasteiger charge is -2.36. The van der Waals surface area contributed by atoms with Crippen LogP contribution in [0, 0.1) is 0 Å². The van der Waals surface area contributed by atoms with E-state index < -0.39 is 0 Å². The molecule has 2 rings (SSSR count). The number of likely N-dealkylation sites (tertiary alicyclic amines) is 1. The van der Waals surface area contributed by atoms with Crippen LogP contribution < -0.4 is 10.6 Å². The first-order valence-corrected chi connectivity index (χ1v) is 9.15. The molecule has 2 aliphatic rings. The summed E-state index contributed by atoms with van der Waals surface area (Å²) in [7, 11) is 0. The van der Waals surface area contributed by atoms with Crippen molar-refractivity contribution in [3.63, 3.8) is 0 Å². The molecule has 0 bridgehead atoms. The van der Waals surface area contributed by atoms with E-state index in [0.717, 1.165) is 38.8 Å². The van der Waals surface area contributed by atoms with E-state index in [-0.39, 0.29) is 18.2 Å². The van der Waals surface area contributed by atoms with E-state index in [9.17, 15) is 9.90 Å². The molecule has 2 amide bonds. The van der Waals surface area contributed by atoms with Crippen LogP contribution in [0.4, 0.5) is 4.79 Å². The largest absolute Gasteiger partial charge is 0.393 e. The summed E-state index contributed by atoms with van der Waals surface area (Å²) in [5.41, 5.74) is 0. The normalized spacial score (nSPS) is 30.0. The van der Waals surface area contributed by atoms with Crippen LogP contribution in [0.15, 0.2) is 0 Å². The third-order valence-corrected chi connectivity index (χ3v) is 5.08. The van der Waals surface area contributed by atoms with Gasteiger partial charge in [-0.05, 0) is 58.0 Å². The van der Waals surface area contributed by atoms with Gasteiger partial charge in [-0.15, -0.1) is 0 Å². The Balaban J connectivity index is 1.67. The fraction of sp³-hybridized carbons (Fsp3) is 0.941. The minimum absolute atomic E-state index is 0.0394. The number of aliphatic hydroxyl groups excluding tert-OH is 1. The second-order valence-corrected chi connectivity index (χ2v) is 6.90. The van der Waals surface area contributed by atoms with E-state index in [4.69, 9.17) is 0 Å². The highest BCUT2D eigenvalue weighted by Gasteiger charge is 2.24. The topological polar surface area (TPSA) is 64.6 Å². The zero-order valence-corrected chi connectivity index (χ0v) is 14.0. The Bertz CT molecular complexity index is 330. The van der Waals surface area contributed by atoms with Crippen molar-refractivity contribution in [2.45, 2.75) is 82.9 Å². The average Bonchev–Trinajstić information content (AvgIpc) is 2.54. The highest BCUT2D eigenvalue weighted by Crippen LogP contribution is 2.19. The maximum Gasteiger partial charge on any atom is 0.315 e. The molecule has 0 aromatic carbocycles. The first-order chi connectivity index (χ1) is 10.7. The van der Waals surface area contributed by atoms with Crippen molar-refractivity contribution in [1.29, 1.82) is 0 Å². The summed E-state index contributed by atoms with van der Waals surface area (Å²) >= 11 is 0.